The van der Waals surface area contributed by atoms with Crippen LogP contribution in [0.25, 0.3) is 22.3 Å². The Morgan fingerprint density at radius 3 is 1.53 bits per heavy atom. The van der Waals surface area contributed by atoms with Crippen LogP contribution in [-0.4, -0.2) is 0 Å². The number of nitrogens with zero attached hydrogens (tertiary/aromatic N) is 1. The van der Waals surface area contributed by atoms with Crippen molar-refractivity contribution in [1.82, 2.24) is 0 Å². The van der Waals surface area contributed by atoms with Crippen LogP contribution in [0.15, 0.2) is 109 Å². The number of hydrogen-bond acceptors (Lipinski definition) is 1. The van der Waals surface area contributed by atoms with Gasteiger partial charge in [0, 0.05) is 22.5 Å². The molecule has 1 nitrogen and oxygen atoms in total. The van der Waals surface area contributed by atoms with E-state index in [1.807, 2.05) is 0 Å². The molecule has 0 aliphatic heterocycles. The van der Waals surface area contributed by atoms with Crippen LogP contribution in [0.4, 0.5) is 17.1 Å². The van der Waals surface area contributed by atoms with Crippen molar-refractivity contribution in [3.05, 3.63) is 137 Å². The Labute approximate surface area is 322 Å². The van der Waals surface area contributed by atoms with Crippen molar-refractivity contribution in [1.29, 1.82) is 0 Å². The fraction of sp³-hybridized carbons (Fsp3) is 0.423. The van der Waals surface area contributed by atoms with E-state index < -0.39 is 0 Å². The molecule has 0 fully saturated rings. The Bertz CT molecular complexity index is 1950. The molecule has 5 aromatic carbocycles. The maximum Gasteiger partial charge on any atom is 0.0462 e. The summed E-state index contributed by atoms with van der Waals surface area (Å²) in [6.07, 6.45) is 12.7. The van der Waals surface area contributed by atoms with Gasteiger partial charge in [0.05, 0.1) is 0 Å². The highest BCUT2D eigenvalue weighted by molar-refractivity contribution is 5.85. The van der Waals surface area contributed by atoms with Crippen LogP contribution in [-0.2, 0) is 22.7 Å². The van der Waals surface area contributed by atoms with Gasteiger partial charge in [0.2, 0.25) is 0 Å². The number of unbranched alkanes of at least 4 members (excludes halogenated alkanes) is 6. The molecule has 0 bridgehead atoms. The lowest BCUT2D eigenvalue weighted by Gasteiger charge is -2.30. The molecule has 1 aliphatic rings. The van der Waals surface area contributed by atoms with Crippen molar-refractivity contribution >= 4 is 17.1 Å². The zero-order valence-electron chi connectivity index (χ0n) is 34.4. The zero-order valence-corrected chi connectivity index (χ0v) is 34.4. The van der Waals surface area contributed by atoms with E-state index in [0.717, 1.165) is 6.42 Å². The van der Waals surface area contributed by atoms with Crippen molar-refractivity contribution in [2.45, 2.75) is 143 Å². The van der Waals surface area contributed by atoms with E-state index in [1.165, 1.54) is 125 Å². The Kier molecular flexibility index (Phi) is 11.7. The molecule has 0 spiro atoms. The first-order chi connectivity index (χ1) is 25.3. The van der Waals surface area contributed by atoms with Gasteiger partial charge in [-0.2, -0.15) is 0 Å². The number of fused-ring (bicyclic) bond motifs is 3. The average Bonchev–Trinajstić information content (AvgIpc) is 3.39. The van der Waals surface area contributed by atoms with Gasteiger partial charge in [-0.25, -0.2) is 0 Å². The predicted molar refractivity (Wildman–Crippen MR) is 232 cm³/mol. The average molecular weight is 704 g/mol. The van der Waals surface area contributed by atoms with E-state index in [-0.39, 0.29) is 16.2 Å². The number of aryl methyl sites for hydroxylation is 1. The Balaban J connectivity index is 1.34. The normalized spacial score (nSPS) is 15.3. The summed E-state index contributed by atoms with van der Waals surface area (Å²) in [4.78, 5) is 2.41. The second kappa shape index (κ2) is 16.1. The standard InChI is InChI=1S/C52H65N/c1-10-12-14-15-16-17-35-52(9)48-36-40(23-33-46(48)47-34-26-42(37-49(47)52)51(6,7)8)39-21-29-44(30-22-39)53(43-27-19-38(20-28-43)18-13-11-2)45-31-24-41(25-32-45)50(3,4)5/h19-34,36-37H,10-18,35H2,1-9H3. The molecule has 278 valence electrons. The van der Waals surface area contributed by atoms with Crippen molar-refractivity contribution in [2.24, 2.45) is 0 Å². The van der Waals surface area contributed by atoms with Gasteiger partial charge >= 0.3 is 0 Å². The first-order valence-electron chi connectivity index (χ1n) is 20.7. The molecule has 1 unspecified atom stereocenters. The van der Waals surface area contributed by atoms with Crippen molar-refractivity contribution in [3.63, 3.8) is 0 Å². The van der Waals surface area contributed by atoms with Gasteiger partial charge in [0.1, 0.15) is 0 Å². The topological polar surface area (TPSA) is 3.24 Å². The van der Waals surface area contributed by atoms with Crippen LogP contribution >= 0.6 is 0 Å². The molecule has 0 heterocycles. The third kappa shape index (κ3) is 8.51. The monoisotopic (exact) mass is 704 g/mol. The van der Waals surface area contributed by atoms with Crippen molar-refractivity contribution in [3.8, 4) is 22.3 Å². The number of benzene rings is 5. The van der Waals surface area contributed by atoms with Crippen molar-refractivity contribution in [2.75, 3.05) is 4.90 Å². The van der Waals surface area contributed by atoms with E-state index in [0.29, 0.717) is 0 Å². The van der Waals surface area contributed by atoms with E-state index in [2.05, 4.69) is 176 Å². The summed E-state index contributed by atoms with van der Waals surface area (Å²) >= 11 is 0. The molecule has 0 saturated carbocycles. The first kappa shape index (κ1) is 38.6. The third-order valence-corrected chi connectivity index (χ3v) is 11.9. The molecular formula is C52H65N. The molecular weight excluding hydrogens is 639 g/mol. The predicted octanol–water partition coefficient (Wildman–Crippen LogP) is 15.8. The summed E-state index contributed by atoms with van der Waals surface area (Å²) in [6, 6.07) is 42.2. The lowest BCUT2D eigenvalue weighted by molar-refractivity contribution is 0.479. The van der Waals surface area contributed by atoms with E-state index in [9.17, 15) is 0 Å². The largest absolute Gasteiger partial charge is 0.311 e. The van der Waals surface area contributed by atoms with E-state index in [4.69, 9.17) is 0 Å². The molecule has 0 saturated heterocycles. The van der Waals surface area contributed by atoms with Gasteiger partial charge in [-0.3, -0.25) is 0 Å². The van der Waals surface area contributed by atoms with Crippen LogP contribution in [0, 0.1) is 0 Å². The quantitative estimate of drug-likeness (QED) is 0.104. The van der Waals surface area contributed by atoms with E-state index in [1.54, 1.807) is 0 Å². The summed E-state index contributed by atoms with van der Waals surface area (Å²) in [7, 11) is 0. The van der Waals surface area contributed by atoms with Crippen LogP contribution < -0.4 is 4.90 Å². The van der Waals surface area contributed by atoms with Gasteiger partial charge in [0.15, 0.2) is 0 Å². The molecule has 0 radical (unpaired) electrons. The van der Waals surface area contributed by atoms with Crippen LogP contribution in [0.3, 0.4) is 0 Å². The van der Waals surface area contributed by atoms with Gasteiger partial charge in [-0.1, -0.05) is 174 Å². The minimum absolute atomic E-state index is 0.00589. The van der Waals surface area contributed by atoms with Crippen LogP contribution in [0.1, 0.15) is 148 Å². The highest BCUT2D eigenvalue weighted by atomic mass is 15.1. The molecule has 53 heavy (non-hydrogen) atoms. The summed E-state index contributed by atoms with van der Waals surface area (Å²) < 4.78 is 0. The lowest BCUT2D eigenvalue weighted by Crippen LogP contribution is -2.22. The zero-order chi connectivity index (χ0) is 37.8. The van der Waals surface area contributed by atoms with Gasteiger partial charge < -0.3 is 4.90 Å². The third-order valence-electron chi connectivity index (χ3n) is 11.9. The molecule has 1 heteroatoms. The molecule has 0 N–H and O–H groups in total. The highest BCUT2D eigenvalue weighted by Gasteiger charge is 2.39. The molecule has 1 aliphatic carbocycles. The Morgan fingerprint density at radius 2 is 0.943 bits per heavy atom. The van der Waals surface area contributed by atoms with Crippen LogP contribution in [0.5, 0.6) is 0 Å². The molecule has 1 atom stereocenters. The van der Waals surface area contributed by atoms with Gasteiger partial charge in [-0.15, -0.1) is 0 Å². The molecule has 6 rings (SSSR count). The molecule has 5 aromatic rings. The smallest absolute Gasteiger partial charge is 0.0462 e. The first-order valence-corrected chi connectivity index (χ1v) is 20.7. The van der Waals surface area contributed by atoms with Crippen LogP contribution in [0.2, 0.25) is 0 Å². The number of hydrogen-bond donors (Lipinski definition) is 0. The minimum Gasteiger partial charge on any atom is -0.311 e. The van der Waals surface area contributed by atoms with Gasteiger partial charge in [0.25, 0.3) is 0 Å². The fourth-order valence-corrected chi connectivity index (χ4v) is 8.34. The maximum absolute atomic E-state index is 2.54. The number of anilines is 3. The Morgan fingerprint density at radius 1 is 0.472 bits per heavy atom. The summed E-state index contributed by atoms with van der Waals surface area (Å²) in [6.45, 7) is 21.0. The lowest BCUT2D eigenvalue weighted by atomic mass is 9.74. The minimum atomic E-state index is 0.00589. The molecule has 0 aromatic heterocycles. The fourth-order valence-electron chi connectivity index (χ4n) is 8.34. The second-order valence-corrected chi connectivity index (χ2v) is 18.1. The second-order valence-electron chi connectivity index (χ2n) is 18.1. The number of rotatable bonds is 14. The summed E-state index contributed by atoms with van der Waals surface area (Å²) in [5, 5.41) is 0. The summed E-state index contributed by atoms with van der Waals surface area (Å²) in [5.74, 6) is 0. The molecule has 0 amide bonds. The van der Waals surface area contributed by atoms with Crippen molar-refractivity contribution < 1.29 is 0 Å². The summed E-state index contributed by atoms with van der Waals surface area (Å²) in [5.41, 5.74) is 16.4. The highest BCUT2D eigenvalue weighted by Crippen LogP contribution is 2.53. The SMILES string of the molecule is CCCCCCCCC1(C)c2cc(-c3ccc(N(c4ccc(CCCC)cc4)c4ccc(C(C)(C)C)cc4)cc3)ccc2-c2ccc(C(C)(C)C)cc21. The maximum atomic E-state index is 2.54. The van der Waals surface area contributed by atoms with Gasteiger partial charge in [-0.05, 0) is 123 Å². The van der Waals surface area contributed by atoms with E-state index >= 15 is 0 Å². The Hall–Kier alpha value is -4.10.